The van der Waals surface area contributed by atoms with Crippen molar-refractivity contribution in [3.05, 3.63) is 17.5 Å². The summed E-state index contributed by atoms with van der Waals surface area (Å²) < 4.78 is 2.12. The van der Waals surface area contributed by atoms with Gasteiger partial charge in [0.2, 0.25) is 0 Å². The average Bonchev–Trinajstić information content (AvgIpc) is 2.82. The number of rotatable bonds is 6. The Morgan fingerprint density at radius 1 is 1.42 bits per heavy atom. The minimum atomic E-state index is 0.291. The molecule has 0 amide bonds. The number of nitrogens with zero attached hydrogens (tertiary/aromatic N) is 2. The van der Waals surface area contributed by atoms with Crippen LogP contribution in [0.25, 0.3) is 0 Å². The van der Waals surface area contributed by atoms with Gasteiger partial charge in [0.15, 0.2) is 0 Å². The van der Waals surface area contributed by atoms with Crippen molar-refractivity contribution in [2.75, 3.05) is 11.5 Å². The van der Waals surface area contributed by atoms with E-state index >= 15 is 0 Å². The standard InChI is InChI=1S/C15H27N3S/c1-3-14-11-15(18(4-2)17-14)10-13(16)9-12-5-7-19-8-6-12/h11-13H,3-10,16H2,1-2H3. The fraction of sp³-hybridized carbons (Fsp3) is 0.800. The Kier molecular flexibility index (Phi) is 5.76. The van der Waals surface area contributed by atoms with Gasteiger partial charge in [0, 0.05) is 24.7 Å². The summed E-state index contributed by atoms with van der Waals surface area (Å²) in [5.74, 6) is 3.49. The maximum absolute atomic E-state index is 6.36. The summed E-state index contributed by atoms with van der Waals surface area (Å²) in [6.07, 6.45) is 5.87. The molecule has 1 saturated heterocycles. The summed E-state index contributed by atoms with van der Waals surface area (Å²) in [4.78, 5) is 0. The van der Waals surface area contributed by atoms with Crippen LogP contribution in [-0.2, 0) is 19.4 Å². The molecule has 1 aliphatic heterocycles. The first-order valence-electron chi connectivity index (χ1n) is 7.61. The average molecular weight is 281 g/mol. The molecule has 0 saturated carbocycles. The van der Waals surface area contributed by atoms with Crippen LogP contribution in [-0.4, -0.2) is 27.3 Å². The van der Waals surface area contributed by atoms with Crippen LogP contribution in [0.5, 0.6) is 0 Å². The molecular weight excluding hydrogens is 254 g/mol. The zero-order valence-corrected chi connectivity index (χ0v) is 13.1. The lowest BCUT2D eigenvalue weighted by Crippen LogP contribution is -2.28. The van der Waals surface area contributed by atoms with Crippen molar-refractivity contribution in [2.24, 2.45) is 11.7 Å². The van der Waals surface area contributed by atoms with Gasteiger partial charge in [-0.05, 0) is 56.1 Å². The van der Waals surface area contributed by atoms with Gasteiger partial charge in [-0.2, -0.15) is 16.9 Å². The molecule has 0 aromatic carbocycles. The van der Waals surface area contributed by atoms with Crippen molar-refractivity contribution >= 4 is 11.8 Å². The fourth-order valence-electron chi connectivity index (χ4n) is 2.89. The van der Waals surface area contributed by atoms with Gasteiger partial charge in [0.25, 0.3) is 0 Å². The SMILES string of the molecule is CCc1cc(CC(N)CC2CCSCC2)n(CC)n1. The van der Waals surface area contributed by atoms with E-state index in [0.717, 1.165) is 25.3 Å². The summed E-state index contributed by atoms with van der Waals surface area (Å²) in [6, 6.07) is 2.53. The fourth-order valence-corrected chi connectivity index (χ4v) is 4.09. The molecule has 19 heavy (non-hydrogen) atoms. The van der Waals surface area contributed by atoms with Crippen molar-refractivity contribution < 1.29 is 0 Å². The second-order valence-corrected chi connectivity index (χ2v) is 6.78. The highest BCUT2D eigenvalue weighted by Crippen LogP contribution is 2.26. The normalized spacial score (nSPS) is 18.7. The van der Waals surface area contributed by atoms with Crippen LogP contribution in [0, 0.1) is 5.92 Å². The van der Waals surface area contributed by atoms with E-state index in [1.807, 2.05) is 0 Å². The van der Waals surface area contributed by atoms with Gasteiger partial charge in [-0.1, -0.05) is 6.92 Å². The third-order valence-corrected chi connectivity index (χ3v) is 5.07. The van der Waals surface area contributed by atoms with Crippen LogP contribution in [0.3, 0.4) is 0 Å². The highest BCUT2D eigenvalue weighted by Gasteiger charge is 2.18. The highest BCUT2D eigenvalue weighted by molar-refractivity contribution is 7.99. The Hall–Kier alpha value is -0.480. The van der Waals surface area contributed by atoms with E-state index in [0.29, 0.717) is 6.04 Å². The summed E-state index contributed by atoms with van der Waals surface area (Å²) in [6.45, 7) is 5.26. The second-order valence-electron chi connectivity index (χ2n) is 5.55. The van der Waals surface area contributed by atoms with Gasteiger partial charge < -0.3 is 5.73 Å². The number of thioether (sulfide) groups is 1. The van der Waals surface area contributed by atoms with Gasteiger partial charge in [-0.15, -0.1) is 0 Å². The van der Waals surface area contributed by atoms with Crippen LogP contribution >= 0.6 is 11.8 Å². The van der Waals surface area contributed by atoms with Crippen molar-refractivity contribution in [3.8, 4) is 0 Å². The Morgan fingerprint density at radius 3 is 2.79 bits per heavy atom. The molecule has 0 bridgehead atoms. The Labute approximate surface area is 121 Å². The van der Waals surface area contributed by atoms with Crippen LogP contribution in [0.1, 0.15) is 44.5 Å². The number of aryl methyl sites for hydroxylation is 2. The second kappa shape index (κ2) is 7.34. The lowest BCUT2D eigenvalue weighted by Gasteiger charge is -2.24. The first kappa shape index (κ1) is 14.9. The van der Waals surface area contributed by atoms with Gasteiger partial charge in [-0.3, -0.25) is 4.68 Å². The van der Waals surface area contributed by atoms with Crippen LogP contribution in [0.2, 0.25) is 0 Å². The summed E-state index contributed by atoms with van der Waals surface area (Å²) in [7, 11) is 0. The maximum Gasteiger partial charge on any atom is 0.0624 e. The predicted molar refractivity (Wildman–Crippen MR) is 83.6 cm³/mol. The van der Waals surface area contributed by atoms with Crippen molar-refractivity contribution in [1.82, 2.24) is 9.78 Å². The Morgan fingerprint density at radius 2 is 2.16 bits per heavy atom. The van der Waals surface area contributed by atoms with Crippen LogP contribution in [0.15, 0.2) is 6.07 Å². The minimum Gasteiger partial charge on any atom is -0.327 e. The number of hydrogen-bond donors (Lipinski definition) is 1. The van der Waals surface area contributed by atoms with E-state index in [-0.39, 0.29) is 0 Å². The van der Waals surface area contributed by atoms with E-state index in [2.05, 4.69) is 41.5 Å². The van der Waals surface area contributed by atoms with E-state index in [1.54, 1.807) is 0 Å². The van der Waals surface area contributed by atoms with E-state index in [1.165, 1.54) is 42.2 Å². The lowest BCUT2D eigenvalue weighted by molar-refractivity contribution is 0.401. The molecule has 108 valence electrons. The van der Waals surface area contributed by atoms with Gasteiger partial charge in [0.05, 0.1) is 5.69 Å². The summed E-state index contributed by atoms with van der Waals surface area (Å²) in [5, 5.41) is 4.60. The summed E-state index contributed by atoms with van der Waals surface area (Å²) in [5.41, 5.74) is 8.87. The topological polar surface area (TPSA) is 43.8 Å². The molecule has 2 N–H and O–H groups in total. The molecule has 4 heteroatoms. The van der Waals surface area contributed by atoms with Gasteiger partial charge in [-0.25, -0.2) is 0 Å². The van der Waals surface area contributed by atoms with E-state index in [9.17, 15) is 0 Å². The van der Waals surface area contributed by atoms with Gasteiger partial charge >= 0.3 is 0 Å². The molecule has 1 atom stereocenters. The molecular formula is C15H27N3S. The van der Waals surface area contributed by atoms with E-state index < -0.39 is 0 Å². The summed E-state index contributed by atoms with van der Waals surface area (Å²) >= 11 is 2.09. The quantitative estimate of drug-likeness (QED) is 0.872. The molecule has 3 nitrogen and oxygen atoms in total. The molecule has 1 aliphatic rings. The zero-order chi connectivity index (χ0) is 13.7. The molecule has 2 heterocycles. The number of aromatic nitrogens is 2. The molecule has 1 fully saturated rings. The molecule has 0 spiro atoms. The monoisotopic (exact) mass is 281 g/mol. The molecule has 1 unspecified atom stereocenters. The third-order valence-electron chi connectivity index (χ3n) is 4.02. The van der Waals surface area contributed by atoms with Crippen LogP contribution < -0.4 is 5.73 Å². The minimum absolute atomic E-state index is 0.291. The Bertz CT molecular complexity index is 383. The van der Waals surface area contributed by atoms with Crippen molar-refractivity contribution in [1.29, 1.82) is 0 Å². The molecule has 0 aliphatic carbocycles. The first-order chi connectivity index (χ1) is 9.22. The molecule has 1 aromatic heterocycles. The highest BCUT2D eigenvalue weighted by atomic mass is 32.2. The molecule has 2 rings (SSSR count). The smallest absolute Gasteiger partial charge is 0.0624 e. The zero-order valence-electron chi connectivity index (χ0n) is 12.3. The lowest BCUT2D eigenvalue weighted by atomic mass is 9.92. The maximum atomic E-state index is 6.36. The number of nitrogens with two attached hydrogens (primary N) is 1. The molecule has 0 radical (unpaired) electrons. The predicted octanol–water partition coefficient (Wildman–Crippen LogP) is 2.87. The van der Waals surface area contributed by atoms with Gasteiger partial charge in [0.1, 0.15) is 0 Å². The Balaban J connectivity index is 1.90. The van der Waals surface area contributed by atoms with Crippen molar-refractivity contribution in [3.63, 3.8) is 0 Å². The van der Waals surface area contributed by atoms with Crippen molar-refractivity contribution in [2.45, 2.75) is 58.5 Å². The number of hydrogen-bond acceptors (Lipinski definition) is 3. The molecule has 1 aromatic rings. The first-order valence-corrected chi connectivity index (χ1v) is 8.77. The van der Waals surface area contributed by atoms with E-state index in [4.69, 9.17) is 5.73 Å². The largest absolute Gasteiger partial charge is 0.327 e. The third kappa shape index (κ3) is 4.25. The van der Waals surface area contributed by atoms with Crippen LogP contribution in [0.4, 0.5) is 0 Å².